The molecule has 114 valence electrons. The van der Waals surface area contributed by atoms with Crippen molar-refractivity contribution in [2.75, 3.05) is 26.8 Å². The van der Waals surface area contributed by atoms with Crippen LogP contribution in [-0.4, -0.2) is 26.8 Å². The second kappa shape index (κ2) is 11.7. The van der Waals surface area contributed by atoms with E-state index in [1.165, 1.54) is 25.7 Å². The van der Waals surface area contributed by atoms with Crippen LogP contribution >= 0.6 is 0 Å². The van der Waals surface area contributed by atoms with E-state index in [1.807, 2.05) is 12.1 Å². The molecule has 0 aliphatic rings. The zero-order valence-corrected chi connectivity index (χ0v) is 13.0. The fraction of sp³-hybridized carbons (Fsp3) is 0.647. The van der Waals surface area contributed by atoms with Gasteiger partial charge < -0.3 is 14.8 Å². The molecule has 1 rings (SSSR count). The fourth-order valence-corrected chi connectivity index (χ4v) is 2.09. The second-order valence-electron chi connectivity index (χ2n) is 5.09. The first-order valence-corrected chi connectivity index (χ1v) is 7.78. The highest BCUT2D eigenvalue weighted by Gasteiger charge is 1.97. The van der Waals surface area contributed by atoms with Crippen molar-refractivity contribution < 1.29 is 9.47 Å². The highest BCUT2D eigenvalue weighted by Crippen LogP contribution is 2.14. The number of hydrogen-bond donors (Lipinski definition) is 1. The van der Waals surface area contributed by atoms with Gasteiger partial charge in [0.2, 0.25) is 0 Å². The van der Waals surface area contributed by atoms with Crippen LogP contribution in [0.25, 0.3) is 0 Å². The number of nitrogens with one attached hydrogen (secondary N) is 1. The molecular formula is C17H29NO2. The van der Waals surface area contributed by atoms with Crippen LogP contribution in [0.3, 0.4) is 0 Å². The lowest BCUT2D eigenvalue weighted by Crippen LogP contribution is -2.15. The summed E-state index contributed by atoms with van der Waals surface area (Å²) < 4.78 is 10.9. The standard InChI is InChI=1S/C17H29NO2/c1-3-11-18-12-6-4-5-7-13-20-17-10-8-9-16(14-17)15-19-2/h8-10,14,18H,3-7,11-13,15H2,1-2H3. The SMILES string of the molecule is CCCNCCCCCCOc1cccc(COC)c1. The van der Waals surface area contributed by atoms with Gasteiger partial charge in [-0.2, -0.15) is 0 Å². The summed E-state index contributed by atoms with van der Waals surface area (Å²) in [6, 6.07) is 8.13. The third-order valence-corrected chi connectivity index (χ3v) is 3.15. The first-order valence-electron chi connectivity index (χ1n) is 7.78. The van der Waals surface area contributed by atoms with Crippen LogP contribution in [-0.2, 0) is 11.3 Å². The quantitative estimate of drug-likeness (QED) is 0.591. The lowest BCUT2D eigenvalue weighted by atomic mass is 10.2. The molecule has 0 aliphatic carbocycles. The summed E-state index contributed by atoms with van der Waals surface area (Å²) in [5.74, 6) is 0.948. The van der Waals surface area contributed by atoms with Crippen molar-refractivity contribution in [3.63, 3.8) is 0 Å². The molecular weight excluding hydrogens is 250 g/mol. The Kier molecular flexibility index (Phi) is 9.98. The van der Waals surface area contributed by atoms with Crippen LogP contribution in [0.1, 0.15) is 44.6 Å². The summed E-state index contributed by atoms with van der Waals surface area (Å²) in [7, 11) is 1.71. The van der Waals surface area contributed by atoms with Crippen LogP contribution in [0.15, 0.2) is 24.3 Å². The molecule has 0 spiro atoms. The van der Waals surface area contributed by atoms with Gasteiger partial charge in [-0.25, -0.2) is 0 Å². The lowest BCUT2D eigenvalue weighted by molar-refractivity contribution is 0.184. The summed E-state index contributed by atoms with van der Waals surface area (Å²) >= 11 is 0. The van der Waals surface area contributed by atoms with Crippen LogP contribution in [0.4, 0.5) is 0 Å². The Balaban J connectivity index is 2.02. The highest BCUT2D eigenvalue weighted by molar-refractivity contribution is 5.28. The van der Waals surface area contributed by atoms with Gasteiger partial charge >= 0.3 is 0 Å². The Labute approximate surface area is 123 Å². The fourth-order valence-electron chi connectivity index (χ4n) is 2.09. The Morgan fingerprint density at radius 1 is 1.05 bits per heavy atom. The predicted octanol–water partition coefficient (Wildman–Crippen LogP) is 3.77. The van der Waals surface area contributed by atoms with Crippen molar-refractivity contribution in [1.29, 1.82) is 0 Å². The van der Waals surface area contributed by atoms with Crippen molar-refractivity contribution in [2.24, 2.45) is 0 Å². The van der Waals surface area contributed by atoms with Gasteiger partial charge in [0.25, 0.3) is 0 Å². The van der Waals surface area contributed by atoms with Gasteiger partial charge in [-0.15, -0.1) is 0 Å². The first kappa shape index (κ1) is 17.0. The molecule has 0 amide bonds. The molecule has 0 bridgehead atoms. The van der Waals surface area contributed by atoms with Gasteiger partial charge in [0.15, 0.2) is 0 Å². The van der Waals surface area contributed by atoms with E-state index in [9.17, 15) is 0 Å². The maximum Gasteiger partial charge on any atom is 0.119 e. The minimum atomic E-state index is 0.641. The van der Waals surface area contributed by atoms with Crippen molar-refractivity contribution in [1.82, 2.24) is 5.32 Å². The largest absolute Gasteiger partial charge is 0.494 e. The van der Waals surface area contributed by atoms with Crippen molar-refractivity contribution in [3.8, 4) is 5.75 Å². The second-order valence-corrected chi connectivity index (χ2v) is 5.09. The number of ether oxygens (including phenoxy) is 2. The van der Waals surface area contributed by atoms with E-state index in [2.05, 4.69) is 24.4 Å². The minimum absolute atomic E-state index is 0.641. The summed E-state index contributed by atoms with van der Waals surface area (Å²) in [5, 5.41) is 3.43. The van der Waals surface area contributed by atoms with Crippen molar-refractivity contribution >= 4 is 0 Å². The Hall–Kier alpha value is -1.06. The molecule has 0 heterocycles. The van der Waals surface area contributed by atoms with Crippen LogP contribution in [0, 0.1) is 0 Å². The molecule has 1 aromatic rings. The third kappa shape index (κ3) is 8.18. The molecule has 0 radical (unpaired) electrons. The topological polar surface area (TPSA) is 30.5 Å². The number of benzene rings is 1. The molecule has 0 atom stereocenters. The van der Waals surface area contributed by atoms with Gasteiger partial charge in [-0.05, 0) is 50.0 Å². The average molecular weight is 279 g/mol. The average Bonchev–Trinajstić information content (AvgIpc) is 2.46. The summed E-state index contributed by atoms with van der Waals surface area (Å²) in [6.45, 7) is 5.93. The van der Waals surface area contributed by atoms with E-state index in [-0.39, 0.29) is 0 Å². The zero-order chi connectivity index (χ0) is 14.5. The molecule has 20 heavy (non-hydrogen) atoms. The highest BCUT2D eigenvalue weighted by atomic mass is 16.5. The molecule has 0 saturated heterocycles. The molecule has 1 aromatic carbocycles. The molecule has 3 heteroatoms. The van der Waals surface area contributed by atoms with Gasteiger partial charge in [-0.1, -0.05) is 31.9 Å². The van der Waals surface area contributed by atoms with Crippen LogP contribution < -0.4 is 10.1 Å². The van der Waals surface area contributed by atoms with E-state index in [0.717, 1.165) is 37.4 Å². The number of rotatable bonds is 12. The van der Waals surface area contributed by atoms with E-state index >= 15 is 0 Å². The van der Waals surface area contributed by atoms with E-state index in [1.54, 1.807) is 7.11 Å². The Morgan fingerprint density at radius 2 is 1.90 bits per heavy atom. The van der Waals surface area contributed by atoms with E-state index in [0.29, 0.717) is 6.61 Å². The van der Waals surface area contributed by atoms with Crippen LogP contribution in [0.5, 0.6) is 5.75 Å². The predicted molar refractivity (Wildman–Crippen MR) is 84.3 cm³/mol. The Bertz CT molecular complexity index is 342. The smallest absolute Gasteiger partial charge is 0.119 e. The van der Waals surface area contributed by atoms with Gasteiger partial charge in [0.05, 0.1) is 13.2 Å². The number of hydrogen-bond acceptors (Lipinski definition) is 3. The molecule has 0 saturated carbocycles. The monoisotopic (exact) mass is 279 g/mol. The summed E-state index contributed by atoms with van der Waals surface area (Å²) in [4.78, 5) is 0. The van der Waals surface area contributed by atoms with Crippen LogP contribution in [0.2, 0.25) is 0 Å². The van der Waals surface area contributed by atoms with Crippen molar-refractivity contribution in [3.05, 3.63) is 29.8 Å². The van der Waals surface area contributed by atoms with Gasteiger partial charge in [0.1, 0.15) is 5.75 Å². The normalized spacial score (nSPS) is 10.7. The zero-order valence-electron chi connectivity index (χ0n) is 13.0. The molecule has 0 aromatic heterocycles. The number of methoxy groups -OCH3 is 1. The van der Waals surface area contributed by atoms with Gasteiger partial charge in [0, 0.05) is 7.11 Å². The number of unbranched alkanes of at least 4 members (excludes halogenated alkanes) is 3. The van der Waals surface area contributed by atoms with Crippen molar-refractivity contribution in [2.45, 2.75) is 45.6 Å². The third-order valence-electron chi connectivity index (χ3n) is 3.15. The summed E-state index contributed by atoms with van der Waals surface area (Å²) in [5.41, 5.74) is 1.16. The molecule has 0 aliphatic heterocycles. The maximum atomic E-state index is 5.77. The van der Waals surface area contributed by atoms with E-state index in [4.69, 9.17) is 9.47 Å². The maximum absolute atomic E-state index is 5.77. The summed E-state index contributed by atoms with van der Waals surface area (Å²) in [6.07, 6.45) is 6.14. The molecule has 3 nitrogen and oxygen atoms in total. The minimum Gasteiger partial charge on any atom is -0.494 e. The molecule has 0 fully saturated rings. The molecule has 1 N–H and O–H groups in total. The Morgan fingerprint density at radius 3 is 2.70 bits per heavy atom. The van der Waals surface area contributed by atoms with Gasteiger partial charge in [-0.3, -0.25) is 0 Å². The van der Waals surface area contributed by atoms with E-state index < -0.39 is 0 Å². The lowest BCUT2D eigenvalue weighted by Gasteiger charge is -2.08. The first-order chi connectivity index (χ1) is 9.86. The molecule has 0 unspecified atom stereocenters.